The van der Waals surface area contributed by atoms with Crippen molar-refractivity contribution in [1.82, 2.24) is 4.72 Å². The summed E-state index contributed by atoms with van der Waals surface area (Å²) in [4.78, 5) is 0. The number of nitrogens with two attached hydrogens (primary N) is 1. The number of rotatable bonds is 4. The summed E-state index contributed by atoms with van der Waals surface area (Å²) >= 11 is 0. The SMILES string of the molecule is NC1(CNS(=O)(=O)C2CCCC2)CCCCCC1. The van der Waals surface area contributed by atoms with Gasteiger partial charge >= 0.3 is 0 Å². The lowest BCUT2D eigenvalue weighted by Crippen LogP contribution is -2.51. The maximum absolute atomic E-state index is 12.1. The Balaban J connectivity index is 1.89. The van der Waals surface area contributed by atoms with Crippen LogP contribution in [0, 0.1) is 0 Å². The van der Waals surface area contributed by atoms with Gasteiger partial charge in [-0.15, -0.1) is 0 Å². The van der Waals surface area contributed by atoms with Gasteiger partial charge in [0.1, 0.15) is 0 Å². The second-order valence-corrected chi connectivity index (χ2v) is 8.09. The Hall–Kier alpha value is -0.130. The fourth-order valence-electron chi connectivity index (χ4n) is 3.17. The van der Waals surface area contributed by atoms with E-state index in [4.69, 9.17) is 5.73 Å². The molecule has 0 amide bonds. The van der Waals surface area contributed by atoms with Crippen LogP contribution in [-0.4, -0.2) is 25.8 Å². The van der Waals surface area contributed by atoms with E-state index >= 15 is 0 Å². The summed E-state index contributed by atoms with van der Waals surface area (Å²) in [6.07, 6.45) is 10.3. The Morgan fingerprint density at radius 2 is 1.56 bits per heavy atom. The van der Waals surface area contributed by atoms with Crippen LogP contribution in [0.4, 0.5) is 0 Å². The van der Waals surface area contributed by atoms with E-state index in [1.165, 1.54) is 12.8 Å². The fraction of sp³-hybridized carbons (Fsp3) is 1.00. The molecule has 0 aromatic rings. The molecule has 18 heavy (non-hydrogen) atoms. The summed E-state index contributed by atoms with van der Waals surface area (Å²) in [5, 5.41) is -0.174. The zero-order valence-electron chi connectivity index (χ0n) is 11.2. The van der Waals surface area contributed by atoms with Crippen molar-refractivity contribution >= 4 is 10.0 Å². The van der Waals surface area contributed by atoms with Crippen LogP contribution < -0.4 is 10.5 Å². The van der Waals surface area contributed by atoms with Gasteiger partial charge in [0.25, 0.3) is 0 Å². The number of sulfonamides is 1. The van der Waals surface area contributed by atoms with Crippen molar-refractivity contribution in [3.63, 3.8) is 0 Å². The van der Waals surface area contributed by atoms with Crippen molar-refractivity contribution < 1.29 is 8.42 Å². The maximum Gasteiger partial charge on any atom is 0.214 e. The lowest BCUT2D eigenvalue weighted by atomic mass is 9.92. The molecule has 2 fully saturated rings. The third kappa shape index (κ3) is 3.68. The lowest BCUT2D eigenvalue weighted by Gasteiger charge is -2.28. The van der Waals surface area contributed by atoms with E-state index in [2.05, 4.69) is 4.72 Å². The summed E-state index contributed by atoms with van der Waals surface area (Å²) in [6.45, 7) is 0.422. The van der Waals surface area contributed by atoms with Gasteiger partial charge in [-0.1, -0.05) is 38.5 Å². The first-order valence-electron chi connectivity index (χ1n) is 7.29. The maximum atomic E-state index is 12.1. The molecule has 0 aliphatic heterocycles. The smallest absolute Gasteiger partial charge is 0.214 e. The monoisotopic (exact) mass is 274 g/mol. The Morgan fingerprint density at radius 3 is 2.11 bits per heavy atom. The van der Waals surface area contributed by atoms with Gasteiger partial charge in [0.05, 0.1) is 5.25 Å². The molecule has 5 heteroatoms. The molecular weight excluding hydrogens is 248 g/mol. The summed E-state index contributed by atoms with van der Waals surface area (Å²) in [6, 6.07) is 0. The van der Waals surface area contributed by atoms with Gasteiger partial charge < -0.3 is 5.73 Å². The van der Waals surface area contributed by atoms with E-state index < -0.39 is 10.0 Å². The van der Waals surface area contributed by atoms with Gasteiger partial charge in [0.2, 0.25) is 10.0 Å². The molecule has 0 bridgehead atoms. The second kappa shape index (κ2) is 5.88. The highest BCUT2D eigenvalue weighted by Crippen LogP contribution is 2.26. The van der Waals surface area contributed by atoms with E-state index in [1.54, 1.807) is 0 Å². The molecule has 0 heterocycles. The minimum atomic E-state index is -3.14. The molecule has 2 saturated carbocycles. The molecule has 0 spiro atoms. The molecule has 0 atom stereocenters. The highest BCUT2D eigenvalue weighted by Gasteiger charge is 2.32. The summed E-state index contributed by atoms with van der Waals surface area (Å²) < 4.78 is 27.1. The Labute approximate surface area is 111 Å². The zero-order valence-corrected chi connectivity index (χ0v) is 12.0. The predicted molar refractivity (Wildman–Crippen MR) is 73.8 cm³/mol. The molecule has 0 aromatic carbocycles. The first kappa shape index (κ1) is 14.3. The van der Waals surface area contributed by atoms with Gasteiger partial charge in [-0.2, -0.15) is 0 Å². The average Bonchev–Trinajstić information content (AvgIpc) is 2.79. The van der Waals surface area contributed by atoms with Crippen molar-refractivity contribution in [2.45, 2.75) is 75.0 Å². The molecule has 2 aliphatic rings. The molecule has 4 nitrogen and oxygen atoms in total. The third-order valence-corrected chi connectivity index (χ3v) is 6.36. The van der Waals surface area contributed by atoms with Gasteiger partial charge in [-0.25, -0.2) is 13.1 Å². The van der Waals surface area contributed by atoms with Gasteiger partial charge in [0.15, 0.2) is 0 Å². The molecule has 106 valence electrons. The summed E-state index contributed by atoms with van der Waals surface area (Å²) in [5.74, 6) is 0. The standard InChI is InChI=1S/C13H26N2O2S/c14-13(9-5-1-2-6-10-13)11-15-18(16,17)12-7-3-4-8-12/h12,15H,1-11,14H2. The van der Waals surface area contributed by atoms with E-state index in [0.29, 0.717) is 6.54 Å². The van der Waals surface area contributed by atoms with E-state index in [9.17, 15) is 8.42 Å². The summed E-state index contributed by atoms with van der Waals surface area (Å²) in [5.41, 5.74) is 6.02. The second-order valence-electron chi connectivity index (χ2n) is 6.05. The van der Waals surface area contributed by atoms with E-state index in [-0.39, 0.29) is 10.8 Å². The Bertz CT molecular complexity index is 353. The van der Waals surface area contributed by atoms with Crippen LogP contribution in [0.15, 0.2) is 0 Å². The van der Waals surface area contributed by atoms with Gasteiger partial charge in [-0.05, 0) is 25.7 Å². The van der Waals surface area contributed by atoms with Crippen molar-refractivity contribution in [2.24, 2.45) is 5.73 Å². The number of nitrogens with one attached hydrogen (secondary N) is 1. The van der Waals surface area contributed by atoms with Crippen LogP contribution in [0.3, 0.4) is 0 Å². The van der Waals surface area contributed by atoms with Crippen LogP contribution >= 0.6 is 0 Å². The quantitative estimate of drug-likeness (QED) is 0.769. The molecule has 2 aliphatic carbocycles. The minimum Gasteiger partial charge on any atom is -0.324 e. The van der Waals surface area contributed by atoms with Crippen molar-refractivity contribution in [2.75, 3.05) is 6.54 Å². The van der Waals surface area contributed by atoms with Crippen LogP contribution in [0.1, 0.15) is 64.2 Å². The van der Waals surface area contributed by atoms with Crippen LogP contribution in [-0.2, 0) is 10.0 Å². The lowest BCUT2D eigenvalue weighted by molar-refractivity contribution is 0.368. The normalized spacial score (nSPS) is 26.1. The molecule has 2 rings (SSSR count). The minimum absolute atomic E-state index is 0.174. The molecule has 0 unspecified atom stereocenters. The fourth-order valence-corrected chi connectivity index (χ4v) is 4.85. The van der Waals surface area contributed by atoms with E-state index in [0.717, 1.165) is 51.4 Å². The first-order chi connectivity index (χ1) is 8.52. The predicted octanol–water partition coefficient (Wildman–Crippen LogP) is 1.90. The molecular formula is C13H26N2O2S. The number of hydrogen-bond donors (Lipinski definition) is 2. The van der Waals surface area contributed by atoms with Crippen molar-refractivity contribution in [1.29, 1.82) is 0 Å². The van der Waals surface area contributed by atoms with Crippen LogP contribution in [0.5, 0.6) is 0 Å². The van der Waals surface area contributed by atoms with Gasteiger partial charge in [0, 0.05) is 12.1 Å². The molecule has 0 saturated heterocycles. The van der Waals surface area contributed by atoms with Gasteiger partial charge in [-0.3, -0.25) is 0 Å². The topological polar surface area (TPSA) is 72.2 Å². The van der Waals surface area contributed by atoms with E-state index in [1.807, 2.05) is 0 Å². The highest BCUT2D eigenvalue weighted by molar-refractivity contribution is 7.90. The molecule has 3 N–H and O–H groups in total. The third-order valence-electron chi connectivity index (χ3n) is 4.47. The van der Waals surface area contributed by atoms with Crippen LogP contribution in [0.25, 0.3) is 0 Å². The average molecular weight is 274 g/mol. The number of hydrogen-bond acceptors (Lipinski definition) is 3. The molecule has 0 aromatic heterocycles. The van der Waals surface area contributed by atoms with Crippen molar-refractivity contribution in [3.05, 3.63) is 0 Å². The Kier molecular flexibility index (Phi) is 4.67. The van der Waals surface area contributed by atoms with Crippen molar-refractivity contribution in [3.8, 4) is 0 Å². The zero-order chi connectivity index (χ0) is 13.1. The molecule has 0 radical (unpaired) electrons. The summed E-state index contributed by atoms with van der Waals surface area (Å²) in [7, 11) is -3.14. The first-order valence-corrected chi connectivity index (χ1v) is 8.84. The Morgan fingerprint density at radius 1 is 1.00 bits per heavy atom. The van der Waals surface area contributed by atoms with Crippen LogP contribution in [0.2, 0.25) is 0 Å². The highest BCUT2D eigenvalue weighted by atomic mass is 32.2. The largest absolute Gasteiger partial charge is 0.324 e.